The molecule has 2 aromatic heterocycles. The summed E-state index contributed by atoms with van der Waals surface area (Å²) in [6.45, 7) is 1.59. The van der Waals surface area contributed by atoms with Gasteiger partial charge in [-0.25, -0.2) is 4.68 Å². The molecule has 0 unspecified atom stereocenters. The smallest absolute Gasteiger partial charge is 0.266 e. The maximum Gasteiger partial charge on any atom is 0.266 e. The molecule has 7 nitrogen and oxygen atoms in total. The van der Waals surface area contributed by atoms with Crippen LogP contribution < -0.4 is 10.1 Å². The van der Waals surface area contributed by atoms with Crippen molar-refractivity contribution in [2.45, 2.75) is 13.0 Å². The molecule has 1 amide bonds. The molecular formula is C15H13ClN4O3. The van der Waals surface area contributed by atoms with Crippen molar-refractivity contribution in [2.75, 3.05) is 5.32 Å². The number of benzene rings is 1. The first-order valence-corrected chi connectivity index (χ1v) is 7.20. The summed E-state index contributed by atoms with van der Waals surface area (Å²) in [6, 6.07) is 11.0. The molecule has 0 aliphatic rings. The van der Waals surface area contributed by atoms with Gasteiger partial charge in [0, 0.05) is 6.07 Å². The molecule has 2 heterocycles. The highest BCUT2D eigenvalue weighted by molar-refractivity contribution is 6.31. The Labute approximate surface area is 136 Å². The highest BCUT2D eigenvalue weighted by atomic mass is 35.5. The first kappa shape index (κ1) is 15.1. The van der Waals surface area contributed by atoms with Crippen LogP contribution >= 0.6 is 11.6 Å². The number of para-hydroxylation sites is 1. The first-order valence-electron chi connectivity index (χ1n) is 6.82. The Kier molecular flexibility index (Phi) is 4.29. The summed E-state index contributed by atoms with van der Waals surface area (Å²) in [4.78, 5) is 12.0. The fourth-order valence-corrected chi connectivity index (χ4v) is 2.03. The minimum absolute atomic E-state index is 0.179. The van der Waals surface area contributed by atoms with Crippen LogP contribution in [0.3, 0.4) is 0 Å². The van der Waals surface area contributed by atoms with E-state index in [1.165, 1.54) is 12.3 Å². The van der Waals surface area contributed by atoms with Crippen LogP contribution in [0.25, 0.3) is 5.69 Å². The van der Waals surface area contributed by atoms with Crippen LogP contribution in [-0.2, 0) is 4.79 Å². The van der Waals surface area contributed by atoms with Crippen LogP contribution in [0.1, 0.15) is 6.92 Å². The number of nitrogens with zero attached hydrogens (tertiary/aromatic N) is 3. The number of hydrogen-bond donors (Lipinski definition) is 1. The molecule has 0 aliphatic heterocycles. The highest BCUT2D eigenvalue weighted by Crippen LogP contribution is 2.25. The molecular weight excluding hydrogens is 320 g/mol. The van der Waals surface area contributed by atoms with Gasteiger partial charge in [-0.15, -0.1) is 5.10 Å². The van der Waals surface area contributed by atoms with E-state index in [0.717, 1.165) is 5.69 Å². The lowest BCUT2D eigenvalue weighted by Gasteiger charge is -2.11. The van der Waals surface area contributed by atoms with Gasteiger partial charge in [0.1, 0.15) is 11.3 Å². The average Bonchev–Trinajstić information content (AvgIpc) is 3.18. The van der Waals surface area contributed by atoms with Gasteiger partial charge >= 0.3 is 0 Å². The fraction of sp³-hybridized carbons (Fsp3) is 0.133. The maximum absolute atomic E-state index is 12.0. The molecule has 23 heavy (non-hydrogen) atoms. The molecule has 3 rings (SSSR count). The van der Waals surface area contributed by atoms with E-state index in [2.05, 4.69) is 20.1 Å². The predicted molar refractivity (Wildman–Crippen MR) is 83.8 cm³/mol. The van der Waals surface area contributed by atoms with E-state index in [4.69, 9.17) is 16.3 Å². The fourth-order valence-electron chi connectivity index (χ4n) is 1.86. The lowest BCUT2D eigenvalue weighted by atomic mass is 10.3. The minimum Gasteiger partial charge on any atom is -0.462 e. The van der Waals surface area contributed by atoms with E-state index in [1.807, 2.05) is 30.3 Å². The molecule has 0 saturated heterocycles. The Morgan fingerprint density at radius 2 is 2.13 bits per heavy atom. The van der Waals surface area contributed by atoms with Crippen LogP contribution in [0.15, 0.2) is 53.4 Å². The molecule has 1 N–H and O–H groups in total. The summed E-state index contributed by atoms with van der Waals surface area (Å²) in [7, 11) is 0. The number of ether oxygens (including phenoxy) is 1. The van der Waals surface area contributed by atoms with Crippen molar-refractivity contribution in [3.63, 3.8) is 0 Å². The summed E-state index contributed by atoms with van der Waals surface area (Å²) in [5, 5.41) is 10.7. The molecule has 8 heteroatoms. The second-order valence-corrected chi connectivity index (χ2v) is 5.10. The molecule has 0 aliphatic carbocycles. The third-order valence-corrected chi connectivity index (χ3v) is 3.27. The molecule has 1 aromatic carbocycles. The van der Waals surface area contributed by atoms with Gasteiger partial charge in [0.05, 0.1) is 11.9 Å². The Hall–Kier alpha value is -2.80. The number of carbonyl (C=O) groups excluding carboxylic acids is 1. The van der Waals surface area contributed by atoms with E-state index >= 15 is 0 Å². The van der Waals surface area contributed by atoms with Crippen LogP contribution in [-0.4, -0.2) is 26.9 Å². The number of aromatic nitrogens is 3. The van der Waals surface area contributed by atoms with Crippen molar-refractivity contribution in [2.24, 2.45) is 0 Å². The number of amides is 1. The number of nitrogens with one attached hydrogen (secondary N) is 1. The van der Waals surface area contributed by atoms with Crippen LogP contribution in [0, 0.1) is 0 Å². The number of halogens is 1. The lowest BCUT2D eigenvalue weighted by molar-refractivity contribution is -0.122. The number of hydrogen-bond acceptors (Lipinski definition) is 5. The third kappa shape index (κ3) is 3.51. The monoisotopic (exact) mass is 332 g/mol. The lowest BCUT2D eigenvalue weighted by Crippen LogP contribution is -2.30. The normalized spacial score (nSPS) is 11.9. The SMILES string of the molecule is C[C@@H](Oc1nn(-c2ccccc2)cc1Cl)C(=O)Nc1ccon1. The topological polar surface area (TPSA) is 82.2 Å². The van der Waals surface area contributed by atoms with Crippen molar-refractivity contribution in [1.29, 1.82) is 0 Å². The Balaban J connectivity index is 1.70. The van der Waals surface area contributed by atoms with Crippen molar-refractivity contribution < 1.29 is 14.1 Å². The van der Waals surface area contributed by atoms with Gasteiger partial charge < -0.3 is 14.6 Å². The summed E-state index contributed by atoms with van der Waals surface area (Å²) < 4.78 is 11.7. The second kappa shape index (κ2) is 6.53. The maximum atomic E-state index is 12.0. The van der Waals surface area contributed by atoms with E-state index in [-0.39, 0.29) is 11.8 Å². The molecule has 0 radical (unpaired) electrons. The van der Waals surface area contributed by atoms with E-state index in [0.29, 0.717) is 10.8 Å². The molecule has 3 aromatic rings. The molecule has 0 bridgehead atoms. The molecule has 1 atom stereocenters. The quantitative estimate of drug-likeness (QED) is 0.776. The summed E-state index contributed by atoms with van der Waals surface area (Å²) >= 11 is 6.12. The van der Waals surface area contributed by atoms with Gasteiger partial charge in [0.2, 0.25) is 0 Å². The standard InChI is InChI=1S/C15H13ClN4O3/c1-10(14(21)17-13-7-8-22-19-13)23-15-12(16)9-20(18-15)11-5-3-2-4-6-11/h2-10H,1H3,(H,17,19,21)/t10-/m1/s1. The van der Waals surface area contributed by atoms with Crippen molar-refractivity contribution in [3.8, 4) is 11.6 Å². The van der Waals surface area contributed by atoms with Crippen LogP contribution in [0.2, 0.25) is 5.02 Å². The Morgan fingerprint density at radius 3 is 2.83 bits per heavy atom. The molecule has 0 fully saturated rings. The number of rotatable bonds is 5. The average molecular weight is 333 g/mol. The largest absolute Gasteiger partial charge is 0.462 e. The predicted octanol–water partition coefficient (Wildman–Crippen LogP) is 2.92. The second-order valence-electron chi connectivity index (χ2n) is 4.70. The van der Waals surface area contributed by atoms with Crippen molar-refractivity contribution in [3.05, 3.63) is 53.9 Å². The van der Waals surface area contributed by atoms with E-state index in [1.54, 1.807) is 17.8 Å². The molecule has 118 valence electrons. The zero-order chi connectivity index (χ0) is 16.2. The third-order valence-electron chi connectivity index (χ3n) is 3.01. The Bertz CT molecular complexity index is 786. The molecule has 0 saturated carbocycles. The van der Waals surface area contributed by atoms with Gasteiger partial charge in [0.25, 0.3) is 11.8 Å². The molecule has 0 spiro atoms. The zero-order valence-corrected chi connectivity index (χ0v) is 12.9. The van der Waals surface area contributed by atoms with Crippen molar-refractivity contribution in [1.82, 2.24) is 14.9 Å². The van der Waals surface area contributed by atoms with Gasteiger partial charge in [-0.2, -0.15) is 0 Å². The van der Waals surface area contributed by atoms with Gasteiger partial charge in [-0.3, -0.25) is 4.79 Å². The highest BCUT2D eigenvalue weighted by Gasteiger charge is 2.19. The minimum atomic E-state index is -0.802. The van der Waals surface area contributed by atoms with Gasteiger partial charge in [0.15, 0.2) is 11.9 Å². The summed E-state index contributed by atoms with van der Waals surface area (Å²) in [5.41, 5.74) is 0.837. The van der Waals surface area contributed by atoms with Gasteiger partial charge in [-0.1, -0.05) is 35.0 Å². The Morgan fingerprint density at radius 1 is 1.35 bits per heavy atom. The van der Waals surface area contributed by atoms with Crippen molar-refractivity contribution >= 4 is 23.3 Å². The first-order chi connectivity index (χ1) is 11.1. The van der Waals surface area contributed by atoms with E-state index < -0.39 is 6.10 Å². The van der Waals surface area contributed by atoms with E-state index in [9.17, 15) is 4.79 Å². The summed E-state index contributed by atoms with van der Waals surface area (Å²) in [6.07, 6.45) is 2.18. The number of anilines is 1. The van der Waals surface area contributed by atoms with Crippen LogP contribution in [0.5, 0.6) is 5.88 Å². The number of carbonyl (C=O) groups is 1. The summed E-state index contributed by atoms with van der Waals surface area (Å²) in [5.74, 6) is 0.105. The van der Waals surface area contributed by atoms with Gasteiger partial charge in [-0.05, 0) is 19.1 Å². The van der Waals surface area contributed by atoms with Crippen LogP contribution in [0.4, 0.5) is 5.82 Å². The zero-order valence-electron chi connectivity index (χ0n) is 12.1.